The molecule has 1 aromatic rings. The van der Waals surface area contributed by atoms with Gasteiger partial charge < -0.3 is 14.5 Å². The molecule has 6 heteroatoms. The number of ether oxygens (including phenoxy) is 1. The van der Waals surface area contributed by atoms with Gasteiger partial charge in [0.25, 0.3) is 0 Å². The summed E-state index contributed by atoms with van der Waals surface area (Å²) in [6.07, 6.45) is 4.60. The summed E-state index contributed by atoms with van der Waals surface area (Å²) >= 11 is 0. The van der Waals surface area contributed by atoms with Crippen molar-refractivity contribution in [2.45, 2.75) is 25.3 Å². The van der Waals surface area contributed by atoms with Crippen LogP contribution in [0.5, 0.6) is 0 Å². The van der Waals surface area contributed by atoms with Gasteiger partial charge in [-0.3, -0.25) is 9.69 Å². The third kappa shape index (κ3) is 4.45. The second kappa shape index (κ2) is 8.44. The zero-order chi connectivity index (χ0) is 16.8. The van der Waals surface area contributed by atoms with Gasteiger partial charge >= 0.3 is 0 Å². The highest BCUT2D eigenvalue weighted by Crippen LogP contribution is 2.20. The molecule has 1 atom stereocenters. The highest BCUT2D eigenvalue weighted by Gasteiger charge is 2.26. The van der Waals surface area contributed by atoms with Crippen LogP contribution < -0.4 is 4.90 Å². The van der Waals surface area contributed by atoms with Crippen molar-refractivity contribution in [1.82, 2.24) is 14.8 Å². The van der Waals surface area contributed by atoms with Gasteiger partial charge in [-0.15, -0.1) is 0 Å². The molecule has 1 aromatic heterocycles. The van der Waals surface area contributed by atoms with Crippen molar-refractivity contribution in [3.63, 3.8) is 0 Å². The Kier molecular flexibility index (Phi) is 6.04. The molecule has 132 valence electrons. The number of pyridine rings is 1. The standard InChI is InChI=1S/C18H28N4O2/c1-20(18(23)7-10-21-11-13-24-14-12-21)16-5-4-9-22(15-16)17-6-2-3-8-19-17/h2-3,6,8,16H,4-5,7,9-15H2,1H3/t16-/m1/s1. The molecule has 0 aromatic carbocycles. The van der Waals surface area contributed by atoms with Crippen LogP contribution in [-0.4, -0.2) is 79.7 Å². The molecule has 2 fully saturated rings. The fourth-order valence-corrected chi connectivity index (χ4v) is 3.48. The Labute approximate surface area is 144 Å². The van der Waals surface area contributed by atoms with Gasteiger partial charge in [0.05, 0.1) is 13.2 Å². The zero-order valence-corrected chi connectivity index (χ0v) is 14.6. The van der Waals surface area contributed by atoms with Crippen molar-refractivity contribution < 1.29 is 9.53 Å². The van der Waals surface area contributed by atoms with Gasteiger partial charge in [0.15, 0.2) is 0 Å². The predicted octanol–water partition coefficient (Wildman–Crippen LogP) is 1.23. The highest BCUT2D eigenvalue weighted by atomic mass is 16.5. The molecular weight excluding hydrogens is 304 g/mol. The quantitative estimate of drug-likeness (QED) is 0.812. The molecule has 0 aliphatic carbocycles. The van der Waals surface area contributed by atoms with Crippen molar-refractivity contribution in [2.24, 2.45) is 0 Å². The Hall–Kier alpha value is -1.66. The lowest BCUT2D eigenvalue weighted by molar-refractivity contribution is -0.132. The van der Waals surface area contributed by atoms with E-state index in [4.69, 9.17) is 4.74 Å². The van der Waals surface area contributed by atoms with Crippen LogP contribution >= 0.6 is 0 Å². The smallest absolute Gasteiger partial charge is 0.223 e. The Morgan fingerprint density at radius 3 is 2.92 bits per heavy atom. The van der Waals surface area contributed by atoms with Gasteiger partial charge in [0, 0.05) is 58.4 Å². The van der Waals surface area contributed by atoms with Gasteiger partial charge in [-0.05, 0) is 25.0 Å². The Morgan fingerprint density at radius 1 is 1.33 bits per heavy atom. The lowest BCUT2D eigenvalue weighted by Crippen LogP contribution is -2.49. The molecule has 2 aliphatic rings. The number of rotatable bonds is 5. The summed E-state index contributed by atoms with van der Waals surface area (Å²) in [6, 6.07) is 6.27. The summed E-state index contributed by atoms with van der Waals surface area (Å²) in [5, 5.41) is 0. The maximum Gasteiger partial charge on any atom is 0.223 e. The minimum atomic E-state index is 0.245. The topological polar surface area (TPSA) is 48.9 Å². The van der Waals surface area contributed by atoms with Crippen molar-refractivity contribution in [3.8, 4) is 0 Å². The fourth-order valence-electron chi connectivity index (χ4n) is 3.48. The number of carbonyl (C=O) groups is 1. The normalized spacial score (nSPS) is 22.4. The predicted molar refractivity (Wildman–Crippen MR) is 94.1 cm³/mol. The Morgan fingerprint density at radius 2 is 2.17 bits per heavy atom. The van der Waals surface area contributed by atoms with E-state index in [9.17, 15) is 4.79 Å². The van der Waals surface area contributed by atoms with Crippen LogP contribution in [0.3, 0.4) is 0 Å². The number of morpholine rings is 1. The largest absolute Gasteiger partial charge is 0.379 e. The number of nitrogens with zero attached hydrogens (tertiary/aromatic N) is 4. The number of hydrogen-bond donors (Lipinski definition) is 0. The van der Waals surface area contributed by atoms with E-state index in [1.807, 2.05) is 36.3 Å². The van der Waals surface area contributed by atoms with Crippen LogP contribution in [0.15, 0.2) is 24.4 Å². The maximum absolute atomic E-state index is 12.6. The monoisotopic (exact) mass is 332 g/mol. The van der Waals surface area contributed by atoms with E-state index in [0.29, 0.717) is 6.42 Å². The molecule has 0 N–H and O–H groups in total. The van der Waals surface area contributed by atoms with Crippen molar-refractivity contribution in [3.05, 3.63) is 24.4 Å². The second-order valence-corrected chi connectivity index (χ2v) is 6.64. The first-order chi connectivity index (χ1) is 11.7. The summed E-state index contributed by atoms with van der Waals surface area (Å²) < 4.78 is 5.35. The Bertz CT molecular complexity index is 519. The SMILES string of the molecule is CN(C(=O)CCN1CCOCC1)[C@@H]1CCCN(c2ccccn2)C1. The van der Waals surface area contributed by atoms with Crippen LogP contribution in [0.4, 0.5) is 5.82 Å². The molecule has 2 aliphatic heterocycles. The first-order valence-corrected chi connectivity index (χ1v) is 8.96. The first kappa shape index (κ1) is 17.2. The minimum Gasteiger partial charge on any atom is -0.379 e. The van der Waals surface area contributed by atoms with Crippen molar-refractivity contribution in [1.29, 1.82) is 0 Å². The summed E-state index contributed by atoms with van der Waals surface area (Å²) in [7, 11) is 1.95. The van der Waals surface area contributed by atoms with Crippen molar-refractivity contribution in [2.75, 3.05) is 57.9 Å². The van der Waals surface area contributed by atoms with Crippen LogP contribution in [0.2, 0.25) is 0 Å². The van der Waals surface area contributed by atoms with Gasteiger partial charge in [-0.1, -0.05) is 6.07 Å². The third-order valence-corrected chi connectivity index (χ3v) is 5.06. The zero-order valence-electron chi connectivity index (χ0n) is 14.6. The highest BCUT2D eigenvalue weighted by molar-refractivity contribution is 5.76. The number of likely N-dealkylation sites (N-methyl/N-ethyl adjacent to an activating group) is 1. The molecule has 0 radical (unpaired) electrons. The maximum atomic E-state index is 12.6. The van der Waals surface area contributed by atoms with Crippen molar-refractivity contribution >= 4 is 11.7 Å². The fraction of sp³-hybridized carbons (Fsp3) is 0.667. The molecule has 6 nitrogen and oxygen atoms in total. The van der Waals surface area contributed by atoms with Gasteiger partial charge in [0.1, 0.15) is 5.82 Å². The summed E-state index contributed by atoms with van der Waals surface area (Å²) in [5.41, 5.74) is 0. The lowest BCUT2D eigenvalue weighted by Gasteiger charge is -2.38. The second-order valence-electron chi connectivity index (χ2n) is 6.64. The van der Waals surface area contributed by atoms with E-state index in [1.165, 1.54) is 0 Å². The average molecular weight is 332 g/mol. The van der Waals surface area contributed by atoms with E-state index in [2.05, 4.69) is 14.8 Å². The van der Waals surface area contributed by atoms with Crippen LogP contribution in [-0.2, 0) is 9.53 Å². The van der Waals surface area contributed by atoms with Gasteiger partial charge in [0.2, 0.25) is 5.91 Å². The molecular formula is C18H28N4O2. The molecule has 0 saturated carbocycles. The number of anilines is 1. The van der Waals surface area contributed by atoms with E-state index >= 15 is 0 Å². The number of carbonyl (C=O) groups excluding carboxylic acids is 1. The molecule has 2 saturated heterocycles. The van der Waals surface area contributed by atoms with Gasteiger partial charge in [-0.2, -0.15) is 0 Å². The molecule has 0 unspecified atom stereocenters. The van der Waals surface area contributed by atoms with Gasteiger partial charge in [-0.25, -0.2) is 4.98 Å². The molecule has 0 spiro atoms. The van der Waals surface area contributed by atoms with Crippen LogP contribution in [0.1, 0.15) is 19.3 Å². The number of piperidine rings is 1. The molecule has 3 heterocycles. The summed E-state index contributed by atoms with van der Waals surface area (Å²) in [6.45, 7) is 6.17. The molecule has 1 amide bonds. The van der Waals surface area contributed by atoms with E-state index in [0.717, 1.165) is 64.6 Å². The molecule has 24 heavy (non-hydrogen) atoms. The summed E-state index contributed by atoms with van der Waals surface area (Å²) in [5.74, 6) is 1.26. The minimum absolute atomic E-state index is 0.245. The van der Waals surface area contributed by atoms with E-state index < -0.39 is 0 Å². The van der Waals surface area contributed by atoms with E-state index in [-0.39, 0.29) is 11.9 Å². The summed E-state index contributed by atoms with van der Waals surface area (Å²) in [4.78, 5) is 23.6. The number of hydrogen-bond acceptors (Lipinski definition) is 5. The van der Waals surface area contributed by atoms with Crippen LogP contribution in [0, 0.1) is 0 Å². The molecule has 3 rings (SSSR count). The molecule has 0 bridgehead atoms. The van der Waals surface area contributed by atoms with Crippen LogP contribution in [0.25, 0.3) is 0 Å². The number of aromatic nitrogens is 1. The van der Waals surface area contributed by atoms with E-state index in [1.54, 1.807) is 0 Å². The number of amides is 1. The average Bonchev–Trinajstić information content (AvgIpc) is 2.67. The third-order valence-electron chi connectivity index (χ3n) is 5.06. The Balaban J connectivity index is 1.50. The first-order valence-electron chi connectivity index (χ1n) is 8.96. The lowest BCUT2D eigenvalue weighted by atomic mass is 10.0.